The molecule has 0 saturated heterocycles. The molecular formula is C15H15NO2. The number of fused-ring (bicyclic) bond motifs is 1. The van der Waals surface area contributed by atoms with Crippen molar-refractivity contribution >= 4 is 5.69 Å². The van der Waals surface area contributed by atoms with Crippen molar-refractivity contribution in [1.29, 1.82) is 0 Å². The lowest BCUT2D eigenvalue weighted by Crippen LogP contribution is -2.23. The second-order valence-corrected chi connectivity index (χ2v) is 4.28. The van der Waals surface area contributed by atoms with Gasteiger partial charge in [0.1, 0.15) is 18.1 Å². The topological polar surface area (TPSA) is 30.5 Å². The van der Waals surface area contributed by atoms with Crippen molar-refractivity contribution in [3.63, 3.8) is 0 Å². The van der Waals surface area contributed by atoms with Gasteiger partial charge in [0, 0.05) is 0 Å². The third-order valence-electron chi connectivity index (χ3n) is 3.12. The number of para-hydroxylation sites is 2. The van der Waals surface area contributed by atoms with E-state index >= 15 is 0 Å². The van der Waals surface area contributed by atoms with Gasteiger partial charge in [0.25, 0.3) is 0 Å². The number of nitrogens with one attached hydrogen (secondary N) is 1. The normalized spacial score (nSPS) is 17.3. The lowest BCUT2D eigenvalue weighted by Gasteiger charge is -2.27. The van der Waals surface area contributed by atoms with Crippen LogP contribution >= 0.6 is 0 Å². The minimum atomic E-state index is 0.162. The minimum Gasteiger partial charge on any atom is -0.497 e. The van der Waals surface area contributed by atoms with E-state index in [0.717, 1.165) is 17.2 Å². The summed E-state index contributed by atoms with van der Waals surface area (Å²) in [6.45, 7) is 0.629. The first kappa shape index (κ1) is 11.0. The van der Waals surface area contributed by atoms with E-state index in [2.05, 4.69) is 11.4 Å². The Bertz CT molecular complexity index is 554. The van der Waals surface area contributed by atoms with Gasteiger partial charge in [0.15, 0.2) is 0 Å². The largest absolute Gasteiger partial charge is 0.497 e. The van der Waals surface area contributed by atoms with Crippen LogP contribution in [0.4, 0.5) is 5.69 Å². The molecule has 1 heterocycles. The molecule has 0 fully saturated rings. The number of benzene rings is 2. The van der Waals surface area contributed by atoms with Gasteiger partial charge >= 0.3 is 0 Å². The van der Waals surface area contributed by atoms with Crippen molar-refractivity contribution < 1.29 is 9.47 Å². The van der Waals surface area contributed by atoms with Crippen molar-refractivity contribution in [2.24, 2.45) is 0 Å². The summed E-state index contributed by atoms with van der Waals surface area (Å²) in [5, 5.41) is 3.48. The lowest BCUT2D eigenvalue weighted by molar-refractivity contribution is 0.286. The second kappa shape index (κ2) is 4.61. The monoisotopic (exact) mass is 241 g/mol. The van der Waals surface area contributed by atoms with E-state index < -0.39 is 0 Å². The maximum atomic E-state index is 5.76. The molecule has 1 atom stereocenters. The van der Waals surface area contributed by atoms with E-state index in [1.165, 1.54) is 5.56 Å². The van der Waals surface area contributed by atoms with Gasteiger partial charge in [-0.15, -0.1) is 0 Å². The van der Waals surface area contributed by atoms with Crippen LogP contribution in [0, 0.1) is 0 Å². The fraction of sp³-hybridized carbons (Fsp3) is 0.200. The molecule has 3 rings (SSSR count). The molecule has 1 aliphatic heterocycles. The Hall–Kier alpha value is -2.16. The van der Waals surface area contributed by atoms with Gasteiger partial charge in [-0.1, -0.05) is 24.3 Å². The number of anilines is 1. The standard InChI is InChI=1S/C15H15NO2/c1-17-12-6-4-5-11(9-12)14-10-18-15-8-3-2-7-13(15)16-14/h2-9,14,16H,10H2,1H3. The van der Waals surface area contributed by atoms with Gasteiger partial charge < -0.3 is 14.8 Å². The zero-order valence-electron chi connectivity index (χ0n) is 10.2. The summed E-state index contributed by atoms with van der Waals surface area (Å²) in [6.07, 6.45) is 0. The third-order valence-corrected chi connectivity index (χ3v) is 3.12. The van der Waals surface area contributed by atoms with Gasteiger partial charge in [-0.25, -0.2) is 0 Å². The quantitative estimate of drug-likeness (QED) is 0.875. The second-order valence-electron chi connectivity index (χ2n) is 4.28. The molecule has 0 bridgehead atoms. The molecule has 0 spiro atoms. The molecule has 3 nitrogen and oxygen atoms in total. The molecule has 0 aliphatic carbocycles. The molecule has 0 radical (unpaired) electrons. The zero-order valence-corrected chi connectivity index (χ0v) is 10.2. The molecular weight excluding hydrogens is 226 g/mol. The van der Waals surface area contributed by atoms with Crippen molar-refractivity contribution in [1.82, 2.24) is 0 Å². The van der Waals surface area contributed by atoms with E-state index in [-0.39, 0.29) is 6.04 Å². The van der Waals surface area contributed by atoms with Gasteiger partial charge in [0.2, 0.25) is 0 Å². The summed E-state index contributed by atoms with van der Waals surface area (Å²) in [6, 6.07) is 16.2. The van der Waals surface area contributed by atoms with Crippen molar-refractivity contribution in [3.05, 3.63) is 54.1 Å². The van der Waals surface area contributed by atoms with E-state index in [0.29, 0.717) is 6.61 Å². The molecule has 1 aliphatic rings. The first-order chi connectivity index (χ1) is 8.86. The average Bonchev–Trinajstić information content (AvgIpc) is 2.47. The fourth-order valence-electron chi connectivity index (χ4n) is 2.15. The highest BCUT2D eigenvalue weighted by molar-refractivity contribution is 5.59. The molecule has 18 heavy (non-hydrogen) atoms. The van der Waals surface area contributed by atoms with Crippen LogP contribution in [0.25, 0.3) is 0 Å². The van der Waals surface area contributed by atoms with E-state index in [1.807, 2.05) is 42.5 Å². The highest BCUT2D eigenvalue weighted by Gasteiger charge is 2.19. The maximum Gasteiger partial charge on any atom is 0.142 e. The van der Waals surface area contributed by atoms with Crippen molar-refractivity contribution in [3.8, 4) is 11.5 Å². The van der Waals surface area contributed by atoms with E-state index in [1.54, 1.807) is 7.11 Å². The van der Waals surface area contributed by atoms with Crippen LogP contribution in [-0.4, -0.2) is 13.7 Å². The van der Waals surface area contributed by atoms with Crippen LogP contribution in [0.2, 0.25) is 0 Å². The molecule has 92 valence electrons. The number of hydrogen-bond donors (Lipinski definition) is 1. The minimum absolute atomic E-state index is 0.162. The van der Waals surface area contributed by atoms with E-state index in [9.17, 15) is 0 Å². The molecule has 0 amide bonds. The summed E-state index contributed by atoms with van der Waals surface area (Å²) in [5.74, 6) is 1.78. The predicted octanol–water partition coefficient (Wildman–Crippen LogP) is 3.24. The van der Waals surface area contributed by atoms with Crippen LogP contribution < -0.4 is 14.8 Å². The Kier molecular flexibility index (Phi) is 2.81. The lowest BCUT2D eigenvalue weighted by atomic mass is 10.1. The number of rotatable bonds is 2. The average molecular weight is 241 g/mol. The summed E-state index contributed by atoms with van der Waals surface area (Å²) < 4.78 is 11.0. The molecule has 1 unspecified atom stereocenters. The Morgan fingerprint density at radius 2 is 2.06 bits per heavy atom. The number of ether oxygens (including phenoxy) is 2. The molecule has 2 aromatic rings. The smallest absolute Gasteiger partial charge is 0.142 e. The first-order valence-corrected chi connectivity index (χ1v) is 5.99. The number of methoxy groups -OCH3 is 1. The van der Waals surface area contributed by atoms with Crippen molar-refractivity contribution in [2.45, 2.75) is 6.04 Å². The van der Waals surface area contributed by atoms with Gasteiger partial charge in [0.05, 0.1) is 18.8 Å². The van der Waals surface area contributed by atoms with Crippen LogP contribution in [-0.2, 0) is 0 Å². The highest BCUT2D eigenvalue weighted by atomic mass is 16.5. The fourth-order valence-corrected chi connectivity index (χ4v) is 2.15. The Balaban J connectivity index is 1.87. The maximum absolute atomic E-state index is 5.76. The van der Waals surface area contributed by atoms with Crippen LogP contribution in [0.5, 0.6) is 11.5 Å². The highest BCUT2D eigenvalue weighted by Crippen LogP contribution is 2.33. The summed E-state index contributed by atoms with van der Waals surface area (Å²) in [5.41, 5.74) is 2.21. The van der Waals surface area contributed by atoms with Crippen molar-refractivity contribution in [2.75, 3.05) is 19.0 Å². The summed E-state index contributed by atoms with van der Waals surface area (Å²) in [7, 11) is 1.68. The van der Waals surface area contributed by atoms with Gasteiger partial charge in [-0.3, -0.25) is 0 Å². The number of hydrogen-bond acceptors (Lipinski definition) is 3. The van der Waals surface area contributed by atoms with Crippen LogP contribution in [0.1, 0.15) is 11.6 Å². The molecule has 1 N–H and O–H groups in total. The van der Waals surface area contributed by atoms with Gasteiger partial charge in [-0.2, -0.15) is 0 Å². The van der Waals surface area contributed by atoms with Crippen LogP contribution in [0.15, 0.2) is 48.5 Å². The Labute approximate surface area is 106 Å². The molecule has 3 heteroatoms. The molecule has 0 aromatic heterocycles. The first-order valence-electron chi connectivity index (χ1n) is 5.99. The van der Waals surface area contributed by atoms with Gasteiger partial charge in [-0.05, 0) is 29.8 Å². The molecule has 2 aromatic carbocycles. The zero-order chi connectivity index (χ0) is 12.4. The Morgan fingerprint density at radius 3 is 2.94 bits per heavy atom. The Morgan fingerprint density at radius 1 is 1.17 bits per heavy atom. The summed E-state index contributed by atoms with van der Waals surface area (Å²) in [4.78, 5) is 0. The third kappa shape index (κ3) is 1.99. The SMILES string of the molecule is COc1cccc(C2COc3ccccc3N2)c1. The predicted molar refractivity (Wildman–Crippen MR) is 71.3 cm³/mol. The molecule has 0 saturated carbocycles. The van der Waals surface area contributed by atoms with Crippen LogP contribution in [0.3, 0.4) is 0 Å². The summed E-state index contributed by atoms with van der Waals surface area (Å²) >= 11 is 0. The van der Waals surface area contributed by atoms with E-state index in [4.69, 9.17) is 9.47 Å².